The highest BCUT2D eigenvalue weighted by molar-refractivity contribution is 5.71. The van der Waals surface area contributed by atoms with E-state index in [1.165, 1.54) is 116 Å². The van der Waals surface area contributed by atoms with E-state index in [2.05, 4.69) is 118 Å². The van der Waals surface area contributed by atoms with Crippen LogP contribution in [0.4, 0.5) is 0 Å². The summed E-state index contributed by atoms with van der Waals surface area (Å²) in [5.74, 6) is -0.903. The molecule has 70 heavy (non-hydrogen) atoms. The number of allylic oxidation sites excluding steroid dienone is 16. The number of rotatable bonds is 52. The minimum Gasteiger partial charge on any atom is -0.462 e. The molecule has 1 atom stereocenters. The third-order valence-corrected chi connectivity index (χ3v) is 12.3. The standard InChI is InChI=1S/C64H108O6/c1-4-7-10-13-16-19-21-23-25-27-29-30-31-32-33-34-36-37-39-41-43-45-48-51-54-57-63(66)69-60-61(59-68-62(65)56-53-50-47-18-15-12-9-6-3)70-64(67)58-55-52-49-46-44-42-40-38-35-28-26-24-22-20-17-14-11-8-5-2/h7,10,16-17,19-20,23-26,29-30,32-33,36-37,61H,4-6,8-9,11-15,18,21-22,27-28,31,34-35,38-60H2,1-3H3/b10-7-,19-16-,20-17-,25-23-,26-24-,30-29-,33-32-,37-36-. The van der Waals surface area contributed by atoms with Gasteiger partial charge < -0.3 is 14.2 Å². The van der Waals surface area contributed by atoms with E-state index in [1.54, 1.807) is 0 Å². The molecule has 6 heteroatoms. The van der Waals surface area contributed by atoms with Crippen LogP contribution < -0.4 is 0 Å². The van der Waals surface area contributed by atoms with Crippen LogP contribution in [0.2, 0.25) is 0 Å². The van der Waals surface area contributed by atoms with Crippen molar-refractivity contribution in [2.45, 2.75) is 277 Å². The van der Waals surface area contributed by atoms with Gasteiger partial charge in [-0.15, -0.1) is 0 Å². The van der Waals surface area contributed by atoms with Crippen molar-refractivity contribution in [3.8, 4) is 0 Å². The molecular weight excluding hydrogens is 865 g/mol. The van der Waals surface area contributed by atoms with Crippen molar-refractivity contribution in [3.05, 3.63) is 97.2 Å². The van der Waals surface area contributed by atoms with Crippen molar-refractivity contribution in [1.82, 2.24) is 0 Å². The summed E-state index contributed by atoms with van der Waals surface area (Å²) < 4.78 is 16.8. The molecule has 0 saturated heterocycles. The number of hydrogen-bond donors (Lipinski definition) is 0. The third-order valence-electron chi connectivity index (χ3n) is 12.3. The summed E-state index contributed by atoms with van der Waals surface area (Å²) in [5.41, 5.74) is 0. The second-order valence-electron chi connectivity index (χ2n) is 19.2. The summed E-state index contributed by atoms with van der Waals surface area (Å²) in [6, 6.07) is 0. The molecule has 0 aromatic rings. The first kappa shape index (κ1) is 66.3. The van der Waals surface area contributed by atoms with Crippen LogP contribution in [0.1, 0.15) is 271 Å². The summed E-state index contributed by atoms with van der Waals surface area (Å²) in [6.07, 6.45) is 76.9. The molecule has 6 nitrogen and oxygen atoms in total. The summed E-state index contributed by atoms with van der Waals surface area (Å²) in [7, 11) is 0. The molecule has 0 fully saturated rings. The molecular formula is C64H108O6. The molecule has 0 rings (SSSR count). The van der Waals surface area contributed by atoms with Gasteiger partial charge in [-0.1, -0.05) is 246 Å². The Balaban J connectivity index is 4.27. The first-order valence-electron chi connectivity index (χ1n) is 29.2. The van der Waals surface area contributed by atoms with Gasteiger partial charge in [0.15, 0.2) is 6.10 Å². The topological polar surface area (TPSA) is 78.9 Å². The molecule has 0 radical (unpaired) electrons. The second-order valence-corrected chi connectivity index (χ2v) is 19.2. The Morgan fingerprint density at radius 1 is 0.300 bits per heavy atom. The first-order valence-corrected chi connectivity index (χ1v) is 29.2. The quantitative estimate of drug-likeness (QED) is 0.0262. The van der Waals surface area contributed by atoms with Crippen molar-refractivity contribution in [3.63, 3.8) is 0 Å². The molecule has 0 aliphatic rings. The van der Waals surface area contributed by atoms with Gasteiger partial charge in [-0.3, -0.25) is 14.4 Å². The lowest BCUT2D eigenvalue weighted by molar-refractivity contribution is -0.167. The van der Waals surface area contributed by atoms with E-state index in [0.717, 1.165) is 116 Å². The Labute approximate surface area is 432 Å². The number of unbranched alkanes of at least 4 members (excludes halogenated alkanes) is 25. The van der Waals surface area contributed by atoms with Crippen LogP contribution in [0.3, 0.4) is 0 Å². The zero-order chi connectivity index (χ0) is 50.7. The summed E-state index contributed by atoms with van der Waals surface area (Å²) in [4.78, 5) is 38.0. The van der Waals surface area contributed by atoms with Crippen molar-refractivity contribution in [2.24, 2.45) is 0 Å². The van der Waals surface area contributed by atoms with E-state index in [-0.39, 0.29) is 31.1 Å². The monoisotopic (exact) mass is 973 g/mol. The van der Waals surface area contributed by atoms with Gasteiger partial charge in [0.25, 0.3) is 0 Å². The van der Waals surface area contributed by atoms with Gasteiger partial charge in [0.05, 0.1) is 0 Å². The zero-order valence-corrected chi connectivity index (χ0v) is 45.8. The lowest BCUT2D eigenvalue weighted by Gasteiger charge is -2.18. The van der Waals surface area contributed by atoms with Crippen LogP contribution in [-0.4, -0.2) is 37.2 Å². The molecule has 0 aliphatic heterocycles. The smallest absolute Gasteiger partial charge is 0.306 e. The predicted octanol–water partition coefficient (Wildman–Crippen LogP) is 19.7. The lowest BCUT2D eigenvalue weighted by Crippen LogP contribution is -2.30. The van der Waals surface area contributed by atoms with Gasteiger partial charge in [0.1, 0.15) is 13.2 Å². The van der Waals surface area contributed by atoms with Gasteiger partial charge >= 0.3 is 17.9 Å². The van der Waals surface area contributed by atoms with E-state index in [1.807, 2.05) is 0 Å². The van der Waals surface area contributed by atoms with Crippen LogP contribution in [-0.2, 0) is 28.6 Å². The fourth-order valence-electron chi connectivity index (χ4n) is 7.95. The SMILES string of the molecule is CC/C=C\C/C=C\C/C=C\C/C=C\C/C=C\C/C=C\CCCCCCCCC(=O)OCC(COC(=O)CCCCCCCCCC)OC(=O)CCCCCCCCCCC/C=C\C/C=C\CCCCC. The zero-order valence-electron chi connectivity index (χ0n) is 45.8. The molecule has 0 spiro atoms. The number of carbonyl (C=O) groups excluding carboxylic acids is 3. The number of esters is 3. The van der Waals surface area contributed by atoms with Gasteiger partial charge in [-0.05, 0) is 103 Å². The van der Waals surface area contributed by atoms with Crippen LogP contribution in [0.25, 0.3) is 0 Å². The fourth-order valence-corrected chi connectivity index (χ4v) is 7.95. The van der Waals surface area contributed by atoms with Crippen LogP contribution in [0, 0.1) is 0 Å². The molecule has 0 bridgehead atoms. The van der Waals surface area contributed by atoms with Crippen LogP contribution in [0.15, 0.2) is 97.2 Å². The maximum atomic E-state index is 12.8. The molecule has 400 valence electrons. The Bertz CT molecular complexity index is 1400. The first-order chi connectivity index (χ1) is 34.5. The molecule has 0 aromatic heterocycles. The van der Waals surface area contributed by atoms with Crippen LogP contribution in [0.5, 0.6) is 0 Å². The van der Waals surface area contributed by atoms with Crippen molar-refractivity contribution >= 4 is 17.9 Å². The van der Waals surface area contributed by atoms with Gasteiger partial charge in [0, 0.05) is 19.3 Å². The fraction of sp³-hybridized carbons (Fsp3) is 0.703. The molecule has 0 heterocycles. The Morgan fingerprint density at radius 3 is 0.900 bits per heavy atom. The third kappa shape index (κ3) is 55.3. The normalized spacial score (nSPS) is 12.8. The highest BCUT2D eigenvalue weighted by Crippen LogP contribution is 2.15. The average Bonchev–Trinajstić information content (AvgIpc) is 3.36. The predicted molar refractivity (Wildman–Crippen MR) is 302 cm³/mol. The van der Waals surface area contributed by atoms with Gasteiger partial charge in [0.2, 0.25) is 0 Å². The molecule has 0 aromatic carbocycles. The highest BCUT2D eigenvalue weighted by Gasteiger charge is 2.19. The van der Waals surface area contributed by atoms with Crippen molar-refractivity contribution in [2.75, 3.05) is 13.2 Å². The molecule has 1 unspecified atom stereocenters. The molecule has 0 saturated carbocycles. The minimum atomic E-state index is -0.784. The maximum Gasteiger partial charge on any atom is 0.306 e. The van der Waals surface area contributed by atoms with E-state index >= 15 is 0 Å². The summed E-state index contributed by atoms with van der Waals surface area (Å²) in [6.45, 7) is 6.46. The Morgan fingerprint density at radius 2 is 0.557 bits per heavy atom. The second kappa shape index (κ2) is 57.9. The number of carbonyl (C=O) groups is 3. The van der Waals surface area contributed by atoms with Gasteiger partial charge in [-0.2, -0.15) is 0 Å². The Hall–Kier alpha value is -3.67. The van der Waals surface area contributed by atoms with Crippen molar-refractivity contribution in [1.29, 1.82) is 0 Å². The molecule has 0 amide bonds. The largest absolute Gasteiger partial charge is 0.462 e. The van der Waals surface area contributed by atoms with E-state index in [4.69, 9.17) is 14.2 Å². The minimum absolute atomic E-state index is 0.0831. The summed E-state index contributed by atoms with van der Waals surface area (Å²) in [5, 5.41) is 0. The number of hydrogen-bond acceptors (Lipinski definition) is 6. The van der Waals surface area contributed by atoms with Crippen LogP contribution >= 0.6 is 0 Å². The van der Waals surface area contributed by atoms with Crippen molar-refractivity contribution < 1.29 is 28.6 Å². The average molecular weight is 974 g/mol. The molecule has 0 N–H and O–H groups in total. The lowest BCUT2D eigenvalue weighted by atomic mass is 10.1. The Kier molecular flexibility index (Phi) is 54.9. The molecule has 0 aliphatic carbocycles. The van der Waals surface area contributed by atoms with E-state index in [0.29, 0.717) is 19.3 Å². The highest BCUT2D eigenvalue weighted by atomic mass is 16.6. The number of ether oxygens (including phenoxy) is 3. The van der Waals surface area contributed by atoms with E-state index in [9.17, 15) is 14.4 Å². The summed E-state index contributed by atoms with van der Waals surface area (Å²) >= 11 is 0. The van der Waals surface area contributed by atoms with E-state index < -0.39 is 6.10 Å². The maximum absolute atomic E-state index is 12.8. The van der Waals surface area contributed by atoms with Gasteiger partial charge in [-0.25, -0.2) is 0 Å².